The van der Waals surface area contributed by atoms with E-state index < -0.39 is 0 Å². The minimum absolute atomic E-state index is 0.302. The maximum absolute atomic E-state index is 8.63. The van der Waals surface area contributed by atoms with Crippen LogP contribution in [0.5, 0.6) is 5.75 Å². The normalized spacial score (nSPS) is 9.41. The van der Waals surface area contributed by atoms with Gasteiger partial charge in [-0.1, -0.05) is 64.6 Å². The number of benzene rings is 2. The van der Waals surface area contributed by atoms with Gasteiger partial charge in [-0.15, -0.1) is 0 Å². The first-order valence-electron chi connectivity index (χ1n) is 4.55. The number of phenolic OH excluding ortho intramolecular Hbond substituents is 1. The van der Waals surface area contributed by atoms with Gasteiger partial charge in [0.25, 0.3) is 0 Å². The summed E-state index contributed by atoms with van der Waals surface area (Å²) in [7, 11) is 0. The number of aromatic hydroxyl groups is 1. The second-order valence-corrected chi connectivity index (χ2v) is 4.56. The molecule has 0 aliphatic carbocycles. The zero-order valence-corrected chi connectivity index (χ0v) is 11.5. The molecule has 0 radical (unpaired) electrons. The van der Waals surface area contributed by atoms with Gasteiger partial charge in [-0.2, -0.15) is 0 Å². The van der Waals surface area contributed by atoms with E-state index in [1.165, 1.54) is 0 Å². The average molecular weight is 310 g/mol. The molecule has 90 valence electrons. The van der Waals surface area contributed by atoms with Crippen LogP contribution in [-0.2, 0) is 0 Å². The third-order valence-electron chi connectivity index (χ3n) is 1.74. The Bertz CT molecular complexity index is 458. The molecule has 0 fully saturated rings. The fourth-order valence-electron chi connectivity index (χ4n) is 0.930. The largest absolute Gasteiger partial charge is 0.508 e. The van der Waals surface area contributed by atoms with E-state index in [1.807, 2.05) is 6.07 Å². The lowest BCUT2D eigenvalue weighted by Gasteiger charge is -1.98. The van der Waals surface area contributed by atoms with Crippen molar-refractivity contribution in [2.45, 2.75) is 0 Å². The summed E-state index contributed by atoms with van der Waals surface area (Å²) in [4.78, 5) is 0. The molecular formula is C12H8Cl4O. The van der Waals surface area contributed by atoms with Gasteiger partial charge in [0.2, 0.25) is 0 Å². The van der Waals surface area contributed by atoms with Crippen LogP contribution in [0.1, 0.15) is 0 Å². The molecule has 0 aliphatic heterocycles. The smallest absolute Gasteiger partial charge is 0.115 e. The van der Waals surface area contributed by atoms with Gasteiger partial charge in [0.15, 0.2) is 0 Å². The van der Waals surface area contributed by atoms with Crippen molar-refractivity contribution in [3.05, 3.63) is 62.6 Å². The maximum Gasteiger partial charge on any atom is 0.115 e. The maximum atomic E-state index is 8.63. The van der Waals surface area contributed by atoms with E-state index in [0.29, 0.717) is 25.8 Å². The second-order valence-electron chi connectivity index (χ2n) is 2.99. The van der Waals surface area contributed by atoms with E-state index in [1.54, 1.807) is 36.4 Å². The van der Waals surface area contributed by atoms with Crippen LogP contribution in [0.25, 0.3) is 0 Å². The van der Waals surface area contributed by atoms with Crippen LogP contribution in [0.15, 0.2) is 42.5 Å². The molecule has 0 spiro atoms. The van der Waals surface area contributed by atoms with Crippen molar-refractivity contribution in [2.75, 3.05) is 0 Å². The Balaban J connectivity index is 0.000000181. The van der Waals surface area contributed by atoms with Crippen LogP contribution in [0, 0.1) is 0 Å². The zero-order chi connectivity index (χ0) is 12.8. The van der Waals surface area contributed by atoms with Crippen molar-refractivity contribution in [3.8, 4) is 5.75 Å². The first kappa shape index (κ1) is 14.5. The minimum Gasteiger partial charge on any atom is -0.508 e. The number of rotatable bonds is 0. The summed E-state index contributed by atoms with van der Waals surface area (Å²) in [6, 6.07) is 11.9. The van der Waals surface area contributed by atoms with Crippen molar-refractivity contribution in [1.29, 1.82) is 0 Å². The summed E-state index contributed by atoms with van der Waals surface area (Å²) in [5.41, 5.74) is 0. The van der Waals surface area contributed by atoms with Crippen LogP contribution in [0.2, 0.25) is 20.1 Å². The van der Waals surface area contributed by atoms with E-state index in [9.17, 15) is 0 Å². The van der Waals surface area contributed by atoms with Crippen molar-refractivity contribution in [2.24, 2.45) is 0 Å². The molecule has 0 unspecified atom stereocenters. The van der Waals surface area contributed by atoms with Crippen LogP contribution < -0.4 is 0 Å². The standard InChI is InChI=1S/C6H2Cl4.C6H6O/c7-3-1-2-4(8)6(10)5(3)9;7-6-4-2-1-3-5-6/h1-2H;1-5,7H. The summed E-state index contributed by atoms with van der Waals surface area (Å²) in [5, 5.41) is 10.1. The highest BCUT2D eigenvalue weighted by molar-refractivity contribution is 6.51. The van der Waals surface area contributed by atoms with Crippen molar-refractivity contribution < 1.29 is 5.11 Å². The molecule has 2 aromatic rings. The predicted octanol–water partition coefficient (Wildman–Crippen LogP) is 5.69. The molecular weight excluding hydrogens is 302 g/mol. The Morgan fingerprint density at radius 2 is 1.06 bits per heavy atom. The molecule has 5 heteroatoms. The van der Waals surface area contributed by atoms with Crippen LogP contribution in [0.3, 0.4) is 0 Å². The predicted molar refractivity (Wildman–Crippen MR) is 74.6 cm³/mol. The molecule has 1 nitrogen and oxygen atoms in total. The number of para-hydroxylation sites is 1. The van der Waals surface area contributed by atoms with Crippen molar-refractivity contribution in [3.63, 3.8) is 0 Å². The van der Waals surface area contributed by atoms with Crippen molar-refractivity contribution in [1.82, 2.24) is 0 Å². The Labute approximate surface area is 120 Å². The lowest BCUT2D eigenvalue weighted by molar-refractivity contribution is 0.475. The highest BCUT2D eigenvalue weighted by atomic mass is 35.5. The second kappa shape index (κ2) is 6.97. The van der Waals surface area contributed by atoms with Gasteiger partial charge >= 0.3 is 0 Å². The Morgan fingerprint density at radius 1 is 0.647 bits per heavy atom. The van der Waals surface area contributed by atoms with Gasteiger partial charge in [-0.3, -0.25) is 0 Å². The quantitative estimate of drug-likeness (QED) is 0.489. The third kappa shape index (κ3) is 4.64. The fraction of sp³-hybridized carbons (Fsp3) is 0. The molecule has 0 bridgehead atoms. The highest BCUT2D eigenvalue weighted by Gasteiger charge is 2.05. The summed E-state index contributed by atoms with van der Waals surface area (Å²) in [6.07, 6.45) is 0. The minimum atomic E-state index is 0.302. The molecule has 17 heavy (non-hydrogen) atoms. The molecule has 0 aromatic heterocycles. The topological polar surface area (TPSA) is 20.2 Å². The number of phenols is 1. The molecule has 1 N–H and O–H groups in total. The summed E-state index contributed by atoms with van der Waals surface area (Å²) in [5.74, 6) is 0.322. The Hall–Kier alpha value is -0.600. The lowest BCUT2D eigenvalue weighted by atomic mass is 10.3. The highest BCUT2D eigenvalue weighted by Crippen LogP contribution is 2.34. The lowest BCUT2D eigenvalue weighted by Crippen LogP contribution is -1.71. The number of hydrogen-bond donors (Lipinski definition) is 1. The van der Waals surface area contributed by atoms with Gasteiger partial charge in [0.05, 0.1) is 20.1 Å². The van der Waals surface area contributed by atoms with E-state index >= 15 is 0 Å². The summed E-state index contributed by atoms with van der Waals surface area (Å²) < 4.78 is 0. The van der Waals surface area contributed by atoms with E-state index in [0.717, 1.165) is 0 Å². The Morgan fingerprint density at radius 3 is 1.35 bits per heavy atom. The van der Waals surface area contributed by atoms with Gasteiger partial charge in [-0.25, -0.2) is 0 Å². The van der Waals surface area contributed by atoms with E-state index in [2.05, 4.69) is 0 Å². The van der Waals surface area contributed by atoms with Gasteiger partial charge in [-0.05, 0) is 24.3 Å². The summed E-state index contributed by atoms with van der Waals surface area (Å²) >= 11 is 22.5. The summed E-state index contributed by atoms with van der Waals surface area (Å²) in [6.45, 7) is 0. The first-order chi connectivity index (χ1) is 8.02. The first-order valence-corrected chi connectivity index (χ1v) is 6.06. The zero-order valence-electron chi connectivity index (χ0n) is 8.50. The van der Waals surface area contributed by atoms with Gasteiger partial charge < -0.3 is 5.11 Å². The van der Waals surface area contributed by atoms with E-state index in [-0.39, 0.29) is 0 Å². The fourth-order valence-corrected chi connectivity index (χ4v) is 1.67. The van der Waals surface area contributed by atoms with Crippen LogP contribution >= 0.6 is 46.4 Å². The molecule has 0 saturated heterocycles. The molecule has 0 amide bonds. The Kier molecular flexibility index (Phi) is 5.93. The SMILES string of the molecule is Clc1ccc(Cl)c(Cl)c1Cl.Oc1ccccc1. The number of hydrogen-bond acceptors (Lipinski definition) is 1. The molecule has 0 aliphatic rings. The van der Waals surface area contributed by atoms with Crippen LogP contribution in [-0.4, -0.2) is 5.11 Å². The monoisotopic (exact) mass is 308 g/mol. The molecule has 0 heterocycles. The molecule has 0 saturated carbocycles. The average Bonchev–Trinajstić information content (AvgIpc) is 2.33. The van der Waals surface area contributed by atoms with E-state index in [4.69, 9.17) is 51.5 Å². The van der Waals surface area contributed by atoms with Gasteiger partial charge in [0.1, 0.15) is 5.75 Å². The molecule has 2 rings (SSSR count). The molecule has 0 atom stereocenters. The molecule has 2 aromatic carbocycles. The number of halogens is 4. The third-order valence-corrected chi connectivity index (χ3v) is 3.45. The van der Waals surface area contributed by atoms with Crippen molar-refractivity contribution >= 4 is 46.4 Å². The van der Waals surface area contributed by atoms with Crippen LogP contribution in [0.4, 0.5) is 0 Å². The van der Waals surface area contributed by atoms with Gasteiger partial charge in [0, 0.05) is 0 Å².